The molecule has 0 atom stereocenters. The highest BCUT2D eigenvalue weighted by Gasteiger charge is 2.36. The molecule has 1 heterocycles. The number of carbonyl (C=O) groups is 3. The summed E-state index contributed by atoms with van der Waals surface area (Å²) in [5.41, 5.74) is 3.07. The molecule has 0 unspecified atom stereocenters. The van der Waals surface area contributed by atoms with Gasteiger partial charge in [0.25, 0.3) is 0 Å². The molecular formula is C59H66O11. The third-order valence-corrected chi connectivity index (χ3v) is 12.5. The van der Waals surface area contributed by atoms with Gasteiger partial charge >= 0.3 is 17.9 Å². The van der Waals surface area contributed by atoms with Gasteiger partial charge in [-0.25, -0.2) is 14.4 Å². The zero-order valence-corrected chi connectivity index (χ0v) is 40.7. The van der Waals surface area contributed by atoms with E-state index in [-0.39, 0.29) is 5.41 Å². The summed E-state index contributed by atoms with van der Waals surface area (Å²) < 4.78 is 46.1. The summed E-state index contributed by atoms with van der Waals surface area (Å²) in [6, 6.07) is 35.5. The van der Waals surface area contributed by atoms with Crippen molar-refractivity contribution < 1.29 is 52.3 Å². The molecule has 1 aliphatic heterocycles. The summed E-state index contributed by atoms with van der Waals surface area (Å²) in [4.78, 5) is 37.5. The maximum Gasteiger partial charge on any atom is 0.343 e. The maximum atomic E-state index is 13.3. The summed E-state index contributed by atoms with van der Waals surface area (Å²) in [5, 5.41) is 3.79. The van der Waals surface area contributed by atoms with E-state index in [0.29, 0.717) is 49.1 Å². The van der Waals surface area contributed by atoms with Gasteiger partial charge in [-0.1, -0.05) is 63.6 Å². The summed E-state index contributed by atoms with van der Waals surface area (Å²) in [6.45, 7) is 12.9. The molecule has 70 heavy (non-hydrogen) atoms. The molecule has 0 aliphatic carbocycles. The summed E-state index contributed by atoms with van der Waals surface area (Å²) in [6.07, 6.45) is 11.7. The van der Waals surface area contributed by atoms with Crippen molar-refractivity contribution in [2.45, 2.75) is 91.1 Å². The molecule has 11 heteroatoms. The highest BCUT2D eigenvalue weighted by molar-refractivity contribution is 5.97. The van der Waals surface area contributed by atoms with Crippen LogP contribution < -0.4 is 23.7 Å². The van der Waals surface area contributed by atoms with Crippen molar-refractivity contribution in [2.75, 3.05) is 46.2 Å². The Hall–Kier alpha value is -6.69. The Kier molecular flexibility index (Phi) is 19.2. The molecule has 368 valence electrons. The molecular weight excluding hydrogens is 885 g/mol. The summed E-state index contributed by atoms with van der Waals surface area (Å²) in [7, 11) is 0. The Labute approximate surface area is 412 Å². The van der Waals surface area contributed by atoms with Gasteiger partial charge < -0.3 is 37.9 Å². The van der Waals surface area contributed by atoms with E-state index in [1.807, 2.05) is 66.7 Å². The first-order chi connectivity index (χ1) is 34.2. The summed E-state index contributed by atoms with van der Waals surface area (Å²) >= 11 is 0. The second kappa shape index (κ2) is 26.3. The van der Waals surface area contributed by atoms with Crippen molar-refractivity contribution in [3.05, 3.63) is 150 Å². The third-order valence-electron chi connectivity index (χ3n) is 12.5. The zero-order valence-electron chi connectivity index (χ0n) is 40.7. The van der Waals surface area contributed by atoms with Gasteiger partial charge in [0.2, 0.25) is 0 Å². The Morgan fingerprint density at radius 2 is 1.13 bits per heavy atom. The lowest BCUT2D eigenvalue weighted by Crippen LogP contribution is -2.45. The molecule has 7 rings (SSSR count). The molecule has 0 saturated carbocycles. The van der Waals surface area contributed by atoms with Gasteiger partial charge in [0, 0.05) is 18.1 Å². The van der Waals surface area contributed by atoms with Gasteiger partial charge in [-0.2, -0.15) is 0 Å². The van der Waals surface area contributed by atoms with Gasteiger partial charge in [0.15, 0.2) is 0 Å². The molecule has 1 aliphatic rings. The van der Waals surface area contributed by atoms with E-state index in [4.69, 9.17) is 37.9 Å². The van der Waals surface area contributed by atoms with Crippen LogP contribution in [0.15, 0.2) is 128 Å². The van der Waals surface area contributed by atoms with E-state index < -0.39 is 17.9 Å². The Morgan fingerprint density at radius 3 is 1.81 bits per heavy atom. The minimum absolute atomic E-state index is 0.242. The fourth-order valence-corrected chi connectivity index (χ4v) is 8.17. The van der Waals surface area contributed by atoms with Crippen molar-refractivity contribution in [2.24, 2.45) is 5.41 Å². The van der Waals surface area contributed by atoms with E-state index in [2.05, 4.69) is 26.5 Å². The van der Waals surface area contributed by atoms with E-state index >= 15 is 0 Å². The van der Waals surface area contributed by atoms with Crippen molar-refractivity contribution in [1.82, 2.24) is 0 Å². The number of unbranched alkanes of at least 4 members (excludes halogenated alkanes) is 6. The molecule has 0 bridgehead atoms. The van der Waals surface area contributed by atoms with Gasteiger partial charge in [-0.05, 0) is 175 Å². The van der Waals surface area contributed by atoms with E-state index in [0.717, 1.165) is 147 Å². The quantitative estimate of drug-likeness (QED) is 0.0193. The molecule has 0 aromatic heterocycles. The number of rotatable bonds is 29. The van der Waals surface area contributed by atoms with E-state index in [1.54, 1.807) is 42.5 Å². The number of hydrogen-bond donors (Lipinski definition) is 0. The number of benzene rings is 6. The van der Waals surface area contributed by atoms with Gasteiger partial charge in [0.05, 0.1) is 50.8 Å². The molecule has 11 nitrogen and oxygen atoms in total. The summed E-state index contributed by atoms with van der Waals surface area (Å²) in [5.74, 6) is 1.86. The van der Waals surface area contributed by atoms with E-state index in [1.165, 1.54) is 6.08 Å². The predicted molar refractivity (Wildman–Crippen MR) is 272 cm³/mol. The van der Waals surface area contributed by atoms with Crippen LogP contribution in [0.4, 0.5) is 0 Å². The van der Waals surface area contributed by atoms with Crippen LogP contribution >= 0.6 is 0 Å². The van der Waals surface area contributed by atoms with Crippen LogP contribution in [0.3, 0.4) is 0 Å². The highest BCUT2D eigenvalue weighted by Crippen LogP contribution is 2.32. The molecule has 0 N–H and O–H groups in total. The lowest BCUT2D eigenvalue weighted by molar-refractivity contribution is -0.150. The van der Waals surface area contributed by atoms with Crippen LogP contribution in [0.1, 0.15) is 110 Å². The van der Waals surface area contributed by atoms with Crippen molar-refractivity contribution in [3.8, 4) is 28.7 Å². The number of hydrogen-bond acceptors (Lipinski definition) is 11. The molecule has 0 spiro atoms. The normalized spacial score (nSPS) is 12.8. The van der Waals surface area contributed by atoms with Crippen molar-refractivity contribution in [1.29, 1.82) is 0 Å². The van der Waals surface area contributed by atoms with Gasteiger partial charge in [0.1, 0.15) is 35.4 Å². The minimum Gasteiger partial charge on any atom is -0.494 e. The predicted octanol–water partition coefficient (Wildman–Crippen LogP) is 13.0. The van der Waals surface area contributed by atoms with Crippen LogP contribution in [-0.2, 0) is 32.0 Å². The lowest BCUT2D eigenvalue weighted by Gasteiger charge is -2.40. The molecule has 1 fully saturated rings. The number of carbonyl (C=O) groups excluding carboxylic acids is 3. The Balaban J connectivity index is 0.828. The zero-order chi connectivity index (χ0) is 49.0. The van der Waals surface area contributed by atoms with Gasteiger partial charge in [-0.3, -0.25) is 0 Å². The second-order valence-electron chi connectivity index (χ2n) is 18.0. The Bertz CT molecular complexity index is 2660. The van der Waals surface area contributed by atoms with Crippen LogP contribution in [0.25, 0.3) is 21.5 Å². The maximum absolute atomic E-state index is 13.3. The third kappa shape index (κ3) is 15.2. The first-order valence-corrected chi connectivity index (χ1v) is 24.8. The molecule has 6 aromatic carbocycles. The highest BCUT2D eigenvalue weighted by atomic mass is 16.5. The average molecular weight is 951 g/mol. The molecule has 0 radical (unpaired) electrons. The van der Waals surface area contributed by atoms with Crippen LogP contribution in [0.2, 0.25) is 0 Å². The van der Waals surface area contributed by atoms with Crippen LogP contribution in [0.5, 0.6) is 28.7 Å². The number of esters is 3. The molecule has 0 amide bonds. The largest absolute Gasteiger partial charge is 0.494 e. The lowest BCUT2D eigenvalue weighted by atomic mass is 9.84. The smallest absolute Gasteiger partial charge is 0.343 e. The average Bonchev–Trinajstić information content (AvgIpc) is 3.37. The fraction of sp³-hybridized carbons (Fsp3) is 0.373. The van der Waals surface area contributed by atoms with Crippen molar-refractivity contribution >= 4 is 39.5 Å². The fourth-order valence-electron chi connectivity index (χ4n) is 8.17. The van der Waals surface area contributed by atoms with Gasteiger partial charge in [-0.15, -0.1) is 0 Å². The first kappa shape index (κ1) is 51.2. The number of aryl methyl sites for hydroxylation is 1. The second-order valence-corrected chi connectivity index (χ2v) is 18.0. The monoisotopic (exact) mass is 950 g/mol. The number of fused-ring (bicyclic) bond motifs is 2. The molecule has 1 saturated heterocycles. The SMILES string of the molecule is C=CC(=O)OCCCCCCOc1ccc2cc(C(=O)Oc3ccc(OCc4ccc5cc(OC(=O)c6ccc(OCCCCCCOCC7(CC)COC7)cc6)ccc5c4)c(CCC)c3)ccc2c1. The van der Waals surface area contributed by atoms with Crippen LogP contribution in [0, 0.1) is 5.41 Å². The van der Waals surface area contributed by atoms with Crippen molar-refractivity contribution in [3.63, 3.8) is 0 Å². The first-order valence-electron chi connectivity index (χ1n) is 24.8. The number of ether oxygens (including phenoxy) is 8. The Morgan fingerprint density at radius 1 is 0.571 bits per heavy atom. The van der Waals surface area contributed by atoms with E-state index in [9.17, 15) is 14.4 Å². The topological polar surface area (TPSA) is 125 Å². The molecule has 6 aromatic rings. The van der Waals surface area contributed by atoms with Crippen LogP contribution in [-0.4, -0.2) is 64.2 Å². The minimum atomic E-state index is -0.443. The standard InChI is InChI=1S/C59H66O11/c1-4-15-49-38-54(70-58(62)50-19-18-48-36-52(26-22-46(48)35-50)66-32-13-9-10-14-33-67-56(60)5-2)28-29-55(49)68-39-43-16-17-47-37-53(27-23-45(47)34-43)69-57(61)44-20-24-51(25-21-44)65-31-12-8-7-11-30-63-40-59(6-3)41-64-42-59/h5,16-29,34-38H,2,4,6-15,30-33,39-42H2,1,3H3.